The third-order valence-electron chi connectivity index (χ3n) is 4.27. The van der Waals surface area contributed by atoms with E-state index in [0.29, 0.717) is 11.1 Å². The standard InChI is InChI=1S/C21H25N3O4/c1-4-24(5-2)17-12-10-16(11-13-17)20(26)23-22-19(25)14-28-21(27)18-9-7-6-8-15(18)3/h6-13H,4-5,14H2,1-3H3,(H,22,25)(H,23,26). The molecule has 0 saturated heterocycles. The van der Waals surface area contributed by atoms with Crippen LogP contribution in [-0.4, -0.2) is 37.5 Å². The van der Waals surface area contributed by atoms with Gasteiger partial charge in [0.25, 0.3) is 11.8 Å². The van der Waals surface area contributed by atoms with Gasteiger partial charge in [-0.3, -0.25) is 20.4 Å². The Bertz CT molecular complexity index is 830. The number of hydrogen-bond donors (Lipinski definition) is 2. The third kappa shape index (κ3) is 5.57. The molecule has 0 aliphatic carbocycles. The van der Waals surface area contributed by atoms with Crippen LogP contribution in [0.1, 0.15) is 40.1 Å². The van der Waals surface area contributed by atoms with Crippen molar-refractivity contribution in [3.8, 4) is 0 Å². The number of carbonyl (C=O) groups is 3. The van der Waals surface area contributed by atoms with Gasteiger partial charge in [0, 0.05) is 24.3 Å². The molecule has 2 N–H and O–H groups in total. The maximum atomic E-state index is 12.1. The highest BCUT2D eigenvalue weighted by Crippen LogP contribution is 2.14. The fraction of sp³-hybridized carbons (Fsp3) is 0.286. The maximum absolute atomic E-state index is 12.1. The SMILES string of the molecule is CCN(CC)c1ccc(C(=O)NNC(=O)COC(=O)c2ccccc2C)cc1. The van der Waals surface area contributed by atoms with E-state index >= 15 is 0 Å². The first-order chi connectivity index (χ1) is 13.5. The molecule has 7 nitrogen and oxygen atoms in total. The summed E-state index contributed by atoms with van der Waals surface area (Å²) >= 11 is 0. The predicted molar refractivity (Wildman–Crippen MR) is 107 cm³/mol. The molecule has 0 atom stereocenters. The number of nitrogens with zero attached hydrogens (tertiary/aromatic N) is 1. The van der Waals surface area contributed by atoms with Crippen LogP contribution in [0, 0.1) is 6.92 Å². The monoisotopic (exact) mass is 383 g/mol. The molecule has 0 aliphatic heterocycles. The van der Waals surface area contributed by atoms with Gasteiger partial charge in [0.05, 0.1) is 5.56 Å². The van der Waals surface area contributed by atoms with E-state index in [2.05, 4.69) is 29.6 Å². The molecule has 0 aromatic heterocycles. The summed E-state index contributed by atoms with van der Waals surface area (Å²) in [7, 11) is 0. The lowest BCUT2D eigenvalue weighted by Crippen LogP contribution is -2.43. The minimum atomic E-state index is -0.630. The third-order valence-corrected chi connectivity index (χ3v) is 4.27. The van der Waals surface area contributed by atoms with Crippen molar-refractivity contribution < 1.29 is 19.1 Å². The zero-order valence-electron chi connectivity index (χ0n) is 16.3. The van der Waals surface area contributed by atoms with Gasteiger partial charge in [-0.15, -0.1) is 0 Å². The highest BCUT2D eigenvalue weighted by molar-refractivity contribution is 5.96. The first-order valence-corrected chi connectivity index (χ1v) is 9.13. The Balaban J connectivity index is 1.81. The largest absolute Gasteiger partial charge is 0.452 e. The Morgan fingerprint density at radius 3 is 2.18 bits per heavy atom. The smallest absolute Gasteiger partial charge is 0.338 e. The normalized spacial score (nSPS) is 10.1. The summed E-state index contributed by atoms with van der Waals surface area (Å²) in [6.07, 6.45) is 0. The van der Waals surface area contributed by atoms with E-state index in [9.17, 15) is 14.4 Å². The van der Waals surface area contributed by atoms with Crippen LogP contribution < -0.4 is 15.8 Å². The van der Waals surface area contributed by atoms with E-state index < -0.39 is 24.4 Å². The average molecular weight is 383 g/mol. The first-order valence-electron chi connectivity index (χ1n) is 9.13. The molecular formula is C21H25N3O4. The van der Waals surface area contributed by atoms with Crippen LogP contribution in [0.3, 0.4) is 0 Å². The van der Waals surface area contributed by atoms with Crippen LogP contribution in [0.5, 0.6) is 0 Å². The Labute approximate surface area is 164 Å². The number of hydrazine groups is 1. The number of amides is 2. The molecule has 28 heavy (non-hydrogen) atoms. The molecule has 7 heteroatoms. The molecule has 0 radical (unpaired) electrons. The summed E-state index contributed by atoms with van der Waals surface area (Å²) in [6.45, 7) is 7.16. The second-order valence-corrected chi connectivity index (χ2v) is 6.11. The van der Waals surface area contributed by atoms with E-state index in [1.807, 2.05) is 18.2 Å². The van der Waals surface area contributed by atoms with Gasteiger partial charge in [0.1, 0.15) is 0 Å². The molecule has 0 heterocycles. The summed E-state index contributed by atoms with van der Waals surface area (Å²) in [4.78, 5) is 38.1. The second-order valence-electron chi connectivity index (χ2n) is 6.11. The molecule has 148 valence electrons. The Morgan fingerprint density at radius 1 is 0.929 bits per heavy atom. The van der Waals surface area contributed by atoms with E-state index in [1.165, 1.54) is 0 Å². The number of carbonyl (C=O) groups excluding carboxylic acids is 3. The highest BCUT2D eigenvalue weighted by Gasteiger charge is 2.13. The van der Waals surface area contributed by atoms with Gasteiger partial charge >= 0.3 is 5.97 Å². The minimum Gasteiger partial charge on any atom is -0.452 e. The lowest BCUT2D eigenvalue weighted by atomic mass is 10.1. The number of ether oxygens (including phenoxy) is 1. The van der Waals surface area contributed by atoms with Gasteiger partial charge in [0.2, 0.25) is 0 Å². The summed E-state index contributed by atoms with van der Waals surface area (Å²) in [5.74, 6) is -1.67. The molecule has 2 rings (SSSR count). The van der Waals surface area contributed by atoms with E-state index in [4.69, 9.17) is 4.74 Å². The van der Waals surface area contributed by atoms with Gasteiger partial charge in [-0.25, -0.2) is 4.79 Å². The fourth-order valence-corrected chi connectivity index (χ4v) is 2.66. The zero-order valence-corrected chi connectivity index (χ0v) is 16.3. The molecule has 2 aromatic rings. The lowest BCUT2D eigenvalue weighted by Gasteiger charge is -2.21. The van der Waals surface area contributed by atoms with Gasteiger partial charge < -0.3 is 9.64 Å². The van der Waals surface area contributed by atoms with E-state index in [0.717, 1.165) is 24.3 Å². The molecular weight excluding hydrogens is 358 g/mol. The molecule has 0 aliphatic rings. The quantitative estimate of drug-likeness (QED) is 0.566. The van der Waals surface area contributed by atoms with E-state index in [1.54, 1.807) is 37.3 Å². The average Bonchev–Trinajstić information content (AvgIpc) is 2.72. The number of hydrogen-bond acceptors (Lipinski definition) is 5. The topological polar surface area (TPSA) is 87.7 Å². The molecule has 2 amide bonds. The number of rotatable bonds is 7. The van der Waals surface area contributed by atoms with E-state index in [-0.39, 0.29) is 0 Å². The summed E-state index contributed by atoms with van der Waals surface area (Å²) < 4.78 is 4.97. The van der Waals surface area contributed by atoms with Crippen molar-refractivity contribution in [2.45, 2.75) is 20.8 Å². The van der Waals surface area contributed by atoms with Crippen LogP contribution >= 0.6 is 0 Å². The second kappa shape index (κ2) is 10.1. The number of esters is 1. The zero-order chi connectivity index (χ0) is 20.5. The van der Waals surface area contributed by atoms with Gasteiger partial charge in [-0.1, -0.05) is 18.2 Å². The van der Waals surface area contributed by atoms with Crippen LogP contribution in [0.2, 0.25) is 0 Å². The van der Waals surface area contributed by atoms with Gasteiger partial charge in [-0.05, 0) is 56.7 Å². The van der Waals surface area contributed by atoms with Crippen molar-refractivity contribution in [3.63, 3.8) is 0 Å². The van der Waals surface area contributed by atoms with Crippen molar-refractivity contribution in [3.05, 3.63) is 65.2 Å². The minimum absolute atomic E-state index is 0.396. The van der Waals surface area contributed by atoms with Crippen LogP contribution in [0.25, 0.3) is 0 Å². The van der Waals surface area contributed by atoms with Crippen molar-refractivity contribution in [1.29, 1.82) is 0 Å². The Kier molecular flexibility index (Phi) is 7.56. The highest BCUT2D eigenvalue weighted by atomic mass is 16.5. The van der Waals surface area contributed by atoms with Crippen molar-refractivity contribution in [1.82, 2.24) is 10.9 Å². The van der Waals surface area contributed by atoms with Gasteiger partial charge in [0.15, 0.2) is 6.61 Å². The number of aryl methyl sites for hydroxylation is 1. The van der Waals surface area contributed by atoms with Crippen LogP contribution in [-0.2, 0) is 9.53 Å². The number of nitrogens with one attached hydrogen (secondary N) is 2. The van der Waals surface area contributed by atoms with Crippen LogP contribution in [0.15, 0.2) is 48.5 Å². The fourth-order valence-electron chi connectivity index (χ4n) is 2.66. The predicted octanol–water partition coefficient (Wildman–Crippen LogP) is 2.46. The maximum Gasteiger partial charge on any atom is 0.338 e. The molecule has 0 fully saturated rings. The molecule has 2 aromatic carbocycles. The summed E-state index contributed by atoms with van der Waals surface area (Å²) in [5.41, 5.74) is 7.13. The van der Waals surface area contributed by atoms with Crippen molar-refractivity contribution in [2.75, 3.05) is 24.6 Å². The van der Waals surface area contributed by atoms with Crippen molar-refractivity contribution >= 4 is 23.5 Å². The molecule has 0 spiro atoms. The summed E-state index contributed by atoms with van der Waals surface area (Å²) in [5, 5.41) is 0. The van der Waals surface area contributed by atoms with Crippen LogP contribution in [0.4, 0.5) is 5.69 Å². The summed E-state index contributed by atoms with van der Waals surface area (Å²) in [6, 6.07) is 14.0. The lowest BCUT2D eigenvalue weighted by molar-refractivity contribution is -0.125. The molecule has 0 saturated carbocycles. The molecule has 0 bridgehead atoms. The van der Waals surface area contributed by atoms with Gasteiger partial charge in [-0.2, -0.15) is 0 Å². The molecule has 0 unspecified atom stereocenters. The number of anilines is 1. The Morgan fingerprint density at radius 2 is 1.57 bits per heavy atom. The number of benzene rings is 2. The first kappa shape index (κ1) is 21.0. The Hall–Kier alpha value is -3.35. The van der Waals surface area contributed by atoms with Crippen molar-refractivity contribution in [2.24, 2.45) is 0 Å².